The Hall–Kier alpha value is -0.350. The molecule has 1 aliphatic carbocycles. The smallest absolute Gasteiger partial charge is 0.235 e. The van der Waals surface area contributed by atoms with Gasteiger partial charge in [-0.15, -0.1) is 0 Å². The average molecular weight is 373 g/mol. The average Bonchev–Trinajstić information content (AvgIpc) is 2.67. The largest absolute Gasteiger partial charge is 0.308 e. The van der Waals surface area contributed by atoms with Gasteiger partial charge in [-0.25, -0.2) is 0 Å². The molecule has 1 saturated carbocycles. The van der Waals surface area contributed by atoms with E-state index in [0.717, 1.165) is 18.5 Å². The van der Waals surface area contributed by atoms with Gasteiger partial charge in [-0.05, 0) is 38.3 Å². The van der Waals surface area contributed by atoms with E-state index in [1.807, 2.05) is 30.0 Å². The van der Waals surface area contributed by atoms with Crippen LogP contribution in [0.25, 0.3) is 0 Å². The maximum atomic E-state index is 12.8. The van der Waals surface area contributed by atoms with Crippen LogP contribution in [0.1, 0.15) is 25.8 Å². The van der Waals surface area contributed by atoms with Crippen molar-refractivity contribution in [2.75, 3.05) is 4.90 Å². The molecule has 0 radical (unpaired) electrons. The summed E-state index contributed by atoms with van der Waals surface area (Å²) in [4.78, 5) is 14.8. The molecule has 96 valence electrons. The van der Waals surface area contributed by atoms with Crippen LogP contribution in [0.15, 0.2) is 24.3 Å². The van der Waals surface area contributed by atoms with E-state index in [2.05, 4.69) is 44.8 Å². The van der Waals surface area contributed by atoms with E-state index in [1.165, 1.54) is 5.56 Å². The monoisotopic (exact) mass is 371 g/mol. The van der Waals surface area contributed by atoms with Crippen molar-refractivity contribution in [1.82, 2.24) is 0 Å². The van der Waals surface area contributed by atoms with Crippen molar-refractivity contribution in [3.63, 3.8) is 0 Å². The van der Waals surface area contributed by atoms with E-state index in [-0.39, 0.29) is 20.6 Å². The minimum Gasteiger partial charge on any atom is -0.308 e. The topological polar surface area (TPSA) is 20.3 Å². The van der Waals surface area contributed by atoms with Crippen LogP contribution in [0.3, 0.4) is 0 Å². The van der Waals surface area contributed by atoms with Gasteiger partial charge in [0.2, 0.25) is 5.91 Å². The molecule has 2 unspecified atom stereocenters. The molecule has 18 heavy (non-hydrogen) atoms. The maximum absolute atomic E-state index is 12.8. The number of rotatable bonds is 1. The molecule has 4 heteroatoms. The van der Waals surface area contributed by atoms with Crippen LogP contribution in [-0.2, 0) is 11.2 Å². The number of carbonyl (C=O) groups is 1. The van der Waals surface area contributed by atoms with Gasteiger partial charge in [-0.1, -0.05) is 50.1 Å². The molecule has 0 aromatic heterocycles. The van der Waals surface area contributed by atoms with Crippen LogP contribution in [0, 0.1) is 5.41 Å². The van der Waals surface area contributed by atoms with Crippen molar-refractivity contribution >= 4 is 43.5 Å². The highest BCUT2D eigenvalue weighted by Crippen LogP contribution is 2.67. The first-order valence-corrected chi connectivity index (χ1v) is 7.75. The van der Waals surface area contributed by atoms with E-state index in [1.54, 1.807) is 0 Å². The van der Waals surface area contributed by atoms with Gasteiger partial charge in [-0.2, -0.15) is 0 Å². The number of anilines is 1. The van der Waals surface area contributed by atoms with E-state index in [0.29, 0.717) is 0 Å². The molecule has 3 rings (SSSR count). The van der Waals surface area contributed by atoms with E-state index < -0.39 is 0 Å². The Balaban J connectivity index is 1.97. The van der Waals surface area contributed by atoms with Gasteiger partial charge in [0.05, 0.1) is 8.65 Å². The molecule has 1 fully saturated rings. The third-order valence-electron chi connectivity index (χ3n) is 4.16. The van der Waals surface area contributed by atoms with Crippen molar-refractivity contribution in [3.8, 4) is 0 Å². The third kappa shape index (κ3) is 1.61. The highest BCUT2D eigenvalue weighted by molar-refractivity contribution is 9.25. The summed E-state index contributed by atoms with van der Waals surface area (Å²) < 4.78 is -0.221. The standard InChI is InChI=1S/C14H15Br2NO/c1-9-7-10-5-3-4-6-11(10)17(9)12(18)13(2)8-14(13,15)16/h3-6,9H,7-8H2,1-2H3. The first-order chi connectivity index (χ1) is 8.37. The molecule has 0 bridgehead atoms. The van der Waals surface area contributed by atoms with Crippen molar-refractivity contribution in [1.29, 1.82) is 0 Å². The quantitative estimate of drug-likeness (QED) is 0.685. The van der Waals surface area contributed by atoms with Crippen LogP contribution in [0.2, 0.25) is 0 Å². The lowest BCUT2D eigenvalue weighted by Crippen LogP contribution is -2.41. The Morgan fingerprint density at radius 2 is 2.00 bits per heavy atom. The first kappa shape index (κ1) is 12.7. The fraction of sp³-hybridized carbons (Fsp3) is 0.500. The van der Waals surface area contributed by atoms with Gasteiger partial charge < -0.3 is 4.90 Å². The van der Waals surface area contributed by atoms with Gasteiger partial charge in [0.15, 0.2) is 0 Å². The molecule has 2 aliphatic rings. The van der Waals surface area contributed by atoms with E-state index in [9.17, 15) is 4.79 Å². The van der Waals surface area contributed by atoms with Crippen molar-refractivity contribution in [3.05, 3.63) is 29.8 Å². The summed E-state index contributed by atoms with van der Waals surface area (Å²) in [5, 5.41) is 0. The van der Waals surface area contributed by atoms with E-state index in [4.69, 9.17) is 0 Å². The number of amides is 1. The second kappa shape index (κ2) is 3.83. The summed E-state index contributed by atoms with van der Waals surface area (Å²) in [5.41, 5.74) is 2.02. The van der Waals surface area contributed by atoms with Gasteiger partial charge in [0.1, 0.15) is 0 Å². The Labute approximate surface area is 124 Å². The minimum absolute atomic E-state index is 0.216. The predicted octanol–water partition coefficient (Wildman–Crippen LogP) is 3.86. The summed E-state index contributed by atoms with van der Waals surface area (Å²) in [7, 11) is 0. The summed E-state index contributed by atoms with van der Waals surface area (Å²) in [6.07, 6.45) is 1.79. The zero-order chi connectivity index (χ0) is 13.1. The molecule has 0 N–H and O–H groups in total. The van der Waals surface area contributed by atoms with Crippen LogP contribution < -0.4 is 4.90 Å². The zero-order valence-electron chi connectivity index (χ0n) is 10.4. The van der Waals surface area contributed by atoms with Gasteiger partial charge >= 0.3 is 0 Å². The number of para-hydroxylation sites is 1. The highest BCUT2D eigenvalue weighted by atomic mass is 79.9. The van der Waals surface area contributed by atoms with Gasteiger partial charge in [-0.3, -0.25) is 4.79 Å². The molecule has 1 amide bonds. The number of halogens is 2. The molecule has 0 spiro atoms. The third-order valence-corrected chi connectivity index (χ3v) is 6.47. The zero-order valence-corrected chi connectivity index (χ0v) is 13.6. The molecular weight excluding hydrogens is 358 g/mol. The minimum atomic E-state index is -0.335. The molecule has 1 aromatic carbocycles. The van der Waals surface area contributed by atoms with Gasteiger partial charge in [0.25, 0.3) is 0 Å². The Morgan fingerprint density at radius 1 is 1.39 bits per heavy atom. The van der Waals surface area contributed by atoms with Crippen molar-refractivity contribution < 1.29 is 4.79 Å². The van der Waals surface area contributed by atoms with Crippen LogP contribution in [0.4, 0.5) is 5.69 Å². The summed E-state index contributed by atoms with van der Waals surface area (Å²) in [6, 6.07) is 8.46. The molecule has 1 heterocycles. The maximum Gasteiger partial charge on any atom is 0.235 e. The number of alkyl halides is 2. The molecular formula is C14H15Br2NO. The Morgan fingerprint density at radius 3 is 2.61 bits per heavy atom. The second-order valence-corrected chi connectivity index (χ2v) is 9.34. The van der Waals surface area contributed by atoms with Crippen LogP contribution in [0.5, 0.6) is 0 Å². The fourth-order valence-corrected chi connectivity index (χ4v) is 4.23. The Kier molecular flexibility index (Phi) is 2.69. The lowest BCUT2D eigenvalue weighted by Gasteiger charge is -2.27. The second-order valence-electron chi connectivity index (χ2n) is 5.57. The normalized spacial score (nSPS) is 32.2. The first-order valence-electron chi connectivity index (χ1n) is 6.16. The lowest BCUT2D eigenvalue weighted by atomic mass is 10.1. The summed E-state index contributed by atoms with van der Waals surface area (Å²) in [5.74, 6) is 0.216. The Bertz CT molecular complexity index is 528. The number of fused-ring (bicyclic) bond motifs is 1. The van der Waals surface area contributed by atoms with Gasteiger partial charge in [0, 0.05) is 11.7 Å². The number of nitrogens with zero attached hydrogens (tertiary/aromatic N) is 1. The van der Waals surface area contributed by atoms with Crippen LogP contribution in [-0.4, -0.2) is 15.2 Å². The number of benzene rings is 1. The van der Waals surface area contributed by atoms with Crippen molar-refractivity contribution in [2.24, 2.45) is 5.41 Å². The fourth-order valence-electron chi connectivity index (χ4n) is 2.77. The lowest BCUT2D eigenvalue weighted by molar-refractivity contribution is -0.123. The van der Waals surface area contributed by atoms with Crippen molar-refractivity contribution in [2.45, 2.75) is 36.0 Å². The molecule has 2 atom stereocenters. The molecule has 0 saturated heterocycles. The SMILES string of the molecule is CC1Cc2ccccc2N1C(=O)C1(C)CC1(Br)Br. The molecule has 1 aromatic rings. The number of carbonyl (C=O) groups excluding carboxylic acids is 1. The molecule has 1 aliphatic heterocycles. The van der Waals surface area contributed by atoms with Crippen LogP contribution >= 0.6 is 31.9 Å². The molecule has 2 nitrogen and oxygen atoms in total. The number of hydrogen-bond donors (Lipinski definition) is 0. The predicted molar refractivity (Wildman–Crippen MR) is 80.4 cm³/mol. The highest BCUT2D eigenvalue weighted by Gasteiger charge is 2.68. The summed E-state index contributed by atoms with van der Waals surface area (Å²) >= 11 is 7.17. The number of hydrogen-bond acceptors (Lipinski definition) is 1. The van der Waals surface area contributed by atoms with E-state index >= 15 is 0 Å². The summed E-state index contributed by atoms with van der Waals surface area (Å²) in [6.45, 7) is 4.14.